The van der Waals surface area contributed by atoms with E-state index in [0.29, 0.717) is 11.1 Å². The van der Waals surface area contributed by atoms with E-state index in [9.17, 15) is 9.59 Å². The van der Waals surface area contributed by atoms with Crippen LogP contribution in [0.2, 0.25) is 0 Å². The molecular formula is C30H40O2. The molecule has 0 aliphatic rings. The van der Waals surface area contributed by atoms with Crippen LogP contribution in [0.4, 0.5) is 0 Å². The normalized spacial score (nSPS) is 11.2. The van der Waals surface area contributed by atoms with Gasteiger partial charge in [0.2, 0.25) is 0 Å². The van der Waals surface area contributed by atoms with Gasteiger partial charge in [0, 0.05) is 11.1 Å². The van der Waals surface area contributed by atoms with E-state index < -0.39 is 0 Å². The SMILES string of the molecule is CCCCCCCc1ccc(C(=O)/C=C/C(=O)c2ccc(CCCCCCC)cc2)cc1. The topological polar surface area (TPSA) is 34.1 Å². The molecule has 0 heterocycles. The minimum atomic E-state index is -0.128. The Morgan fingerprint density at radius 2 is 0.875 bits per heavy atom. The summed E-state index contributed by atoms with van der Waals surface area (Å²) in [5.41, 5.74) is 3.79. The molecule has 0 unspecified atom stereocenters. The van der Waals surface area contributed by atoms with Gasteiger partial charge >= 0.3 is 0 Å². The van der Waals surface area contributed by atoms with Gasteiger partial charge in [-0.3, -0.25) is 9.59 Å². The van der Waals surface area contributed by atoms with Crippen molar-refractivity contribution in [3.8, 4) is 0 Å². The van der Waals surface area contributed by atoms with Gasteiger partial charge in [-0.1, -0.05) is 114 Å². The Morgan fingerprint density at radius 1 is 0.531 bits per heavy atom. The molecule has 2 aromatic rings. The third-order valence-corrected chi connectivity index (χ3v) is 6.00. The molecule has 32 heavy (non-hydrogen) atoms. The largest absolute Gasteiger partial charge is 0.289 e. The first-order chi connectivity index (χ1) is 15.6. The van der Waals surface area contributed by atoms with Crippen LogP contribution in [0.1, 0.15) is 110 Å². The molecule has 0 atom stereocenters. The van der Waals surface area contributed by atoms with E-state index in [0.717, 1.165) is 12.8 Å². The monoisotopic (exact) mass is 432 g/mol. The van der Waals surface area contributed by atoms with Gasteiger partial charge in [-0.25, -0.2) is 0 Å². The lowest BCUT2D eigenvalue weighted by Crippen LogP contribution is -1.99. The Morgan fingerprint density at radius 3 is 1.22 bits per heavy atom. The van der Waals surface area contributed by atoms with E-state index in [1.165, 1.54) is 87.5 Å². The van der Waals surface area contributed by atoms with Crippen molar-refractivity contribution < 1.29 is 9.59 Å². The van der Waals surface area contributed by atoms with Crippen molar-refractivity contribution in [2.45, 2.75) is 90.9 Å². The highest BCUT2D eigenvalue weighted by Crippen LogP contribution is 2.13. The first-order valence-corrected chi connectivity index (χ1v) is 12.6. The number of allylic oxidation sites excluding steroid dienone is 2. The number of hydrogen-bond donors (Lipinski definition) is 0. The molecule has 0 N–H and O–H groups in total. The molecule has 0 fully saturated rings. The molecule has 0 bridgehead atoms. The Bertz CT molecular complexity index is 757. The second kappa shape index (κ2) is 15.3. The van der Waals surface area contributed by atoms with Crippen molar-refractivity contribution in [1.29, 1.82) is 0 Å². The lowest BCUT2D eigenvalue weighted by molar-refractivity contribution is 0.102. The summed E-state index contributed by atoms with van der Waals surface area (Å²) < 4.78 is 0. The molecule has 2 rings (SSSR count). The van der Waals surface area contributed by atoms with Crippen molar-refractivity contribution in [1.82, 2.24) is 0 Å². The molecule has 0 radical (unpaired) electrons. The maximum atomic E-state index is 12.4. The van der Waals surface area contributed by atoms with Gasteiger partial charge in [-0.05, 0) is 49.0 Å². The zero-order chi connectivity index (χ0) is 23.0. The first kappa shape index (κ1) is 25.8. The molecular weight excluding hydrogens is 392 g/mol. The second-order valence-corrected chi connectivity index (χ2v) is 8.78. The highest BCUT2D eigenvalue weighted by molar-refractivity contribution is 6.11. The summed E-state index contributed by atoms with van der Waals surface area (Å²) in [6.07, 6.45) is 17.5. The van der Waals surface area contributed by atoms with E-state index in [4.69, 9.17) is 0 Å². The third kappa shape index (κ3) is 9.77. The van der Waals surface area contributed by atoms with Crippen LogP contribution in [0.3, 0.4) is 0 Å². The van der Waals surface area contributed by atoms with Gasteiger partial charge in [0.1, 0.15) is 0 Å². The Balaban J connectivity index is 1.79. The molecule has 2 nitrogen and oxygen atoms in total. The Labute approximate surface area is 195 Å². The van der Waals surface area contributed by atoms with Crippen LogP contribution in [0, 0.1) is 0 Å². The van der Waals surface area contributed by atoms with Crippen molar-refractivity contribution in [2.75, 3.05) is 0 Å². The molecule has 2 aromatic carbocycles. The van der Waals surface area contributed by atoms with Crippen LogP contribution in [-0.2, 0) is 12.8 Å². The smallest absolute Gasteiger partial charge is 0.185 e. The number of aryl methyl sites for hydroxylation is 2. The standard InChI is InChI=1S/C30H40O2/c1-3-5-7-9-11-13-25-15-19-27(20-16-25)29(31)23-24-30(32)28-21-17-26(18-22-28)14-12-10-8-6-4-2/h15-24H,3-14H2,1-2H3/b24-23+. The molecule has 0 spiro atoms. The Hall–Kier alpha value is -2.48. The molecule has 0 aromatic heterocycles. The van der Waals surface area contributed by atoms with Crippen LogP contribution in [0.5, 0.6) is 0 Å². The zero-order valence-corrected chi connectivity index (χ0v) is 20.1. The average Bonchev–Trinajstić information content (AvgIpc) is 2.83. The lowest BCUT2D eigenvalue weighted by atomic mass is 10.0. The second-order valence-electron chi connectivity index (χ2n) is 8.78. The third-order valence-electron chi connectivity index (χ3n) is 6.00. The summed E-state index contributed by atoms with van der Waals surface area (Å²) in [5, 5.41) is 0. The van der Waals surface area contributed by atoms with Crippen LogP contribution < -0.4 is 0 Å². The van der Waals surface area contributed by atoms with Crippen molar-refractivity contribution in [3.05, 3.63) is 82.9 Å². The summed E-state index contributed by atoms with van der Waals surface area (Å²) in [7, 11) is 0. The predicted molar refractivity (Wildman–Crippen MR) is 136 cm³/mol. The van der Waals surface area contributed by atoms with Crippen molar-refractivity contribution in [3.63, 3.8) is 0 Å². The maximum Gasteiger partial charge on any atom is 0.185 e. The van der Waals surface area contributed by atoms with E-state index in [-0.39, 0.29) is 11.6 Å². The Kier molecular flexibility index (Phi) is 12.4. The first-order valence-electron chi connectivity index (χ1n) is 12.6. The molecule has 0 aliphatic carbocycles. The minimum Gasteiger partial charge on any atom is -0.289 e. The summed E-state index contributed by atoms with van der Waals surface area (Å²) >= 11 is 0. The van der Waals surface area contributed by atoms with Crippen LogP contribution in [0.25, 0.3) is 0 Å². The number of unbranched alkanes of at least 4 members (excludes halogenated alkanes) is 8. The molecule has 0 aliphatic heterocycles. The van der Waals surface area contributed by atoms with E-state index >= 15 is 0 Å². The number of hydrogen-bond acceptors (Lipinski definition) is 2. The minimum absolute atomic E-state index is 0.128. The van der Waals surface area contributed by atoms with E-state index in [1.54, 1.807) is 0 Å². The highest BCUT2D eigenvalue weighted by atomic mass is 16.1. The van der Waals surface area contributed by atoms with Crippen molar-refractivity contribution in [2.24, 2.45) is 0 Å². The van der Waals surface area contributed by atoms with Crippen LogP contribution in [0.15, 0.2) is 60.7 Å². The average molecular weight is 433 g/mol. The van der Waals surface area contributed by atoms with Crippen LogP contribution in [-0.4, -0.2) is 11.6 Å². The molecule has 0 saturated heterocycles. The highest BCUT2D eigenvalue weighted by Gasteiger charge is 2.06. The zero-order valence-electron chi connectivity index (χ0n) is 20.1. The van der Waals surface area contributed by atoms with Gasteiger partial charge < -0.3 is 0 Å². The fourth-order valence-corrected chi connectivity index (χ4v) is 3.88. The summed E-state index contributed by atoms with van der Waals surface area (Å²) in [6, 6.07) is 15.6. The van der Waals surface area contributed by atoms with E-state index in [2.05, 4.69) is 13.8 Å². The fourth-order valence-electron chi connectivity index (χ4n) is 3.88. The van der Waals surface area contributed by atoms with Gasteiger partial charge in [0.05, 0.1) is 0 Å². The molecule has 0 amide bonds. The van der Waals surface area contributed by atoms with E-state index in [1.807, 2.05) is 48.5 Å². The number of carbonyl (C=O) groups excluding carboxylic acids is 2. The number of benzene rings is 2. The molecule has 2 heteroatoms. The number of ketones is 2. The van der Waals surface area contributed by atoms with Crippen molar-refractivity contribution >= 4 is 11.6 Å². The predicted octanol–water partition coefficient (Wildman–Crippen LogP) is 8.33. The van der Waals surface area contributed by atoms with Gasteiger partial charge in [-0.15, -0.1) is 0 Å². The quantitative estimate of drug-likeness (QED) is 0.152. The summed E-state index contributed by atoms with van der Waals surface area (Å²) in [6.45, 7) is 4.45. The van der Waals surface area contributed by atoms with Gasteiger partial charge in [0.15, 0.2) is 11.6 Å². The lowest BCUT2D eigenvalue weighted by Gasteiger charge is -2.03. The van der Waals surface area contributed by atoms with Gasteiger partial charge in [0.25, 0.3) is 0 Å². The maximum absolute atomic E-state index is 12.4. The number of rotatable bonds is 16. The fraction of sp³-hybridized carbons (Fsp3) is 0.467. The molecule has 0 saturated carbocycles. The summed E-state index contributed by atoms with van der Waals surface area (Å²) in [4.78, 5) is 24.9. The van der Waals surface area contributed by atoms with Crippen LogP contribution >= 0.6 is 0 Å². The number of carbonyl (C=O) groups is 2. The summed E-state index contributed by atoms with van der Waals surface area (Å²) in [5.74, 6) is -0.256. The van der Waals surface area contributed by atoms with Gasteiger partial charge in [-0.2, -0.15) is 0 Å². The molecule has 172 valence electrons.